The van der Waals surface area contributed by atoms with Crippen molar-refractivity contribution >= 4 is 5.82 Å². The van der Waals surface area contributed by atoms with Gasteiger partial charge < -0.3 is 10.2 Å². The Bertz CT molecular complexity index is 438. The maximum atomic E-state index is 13.4. The van der Waals surface area contributed by atoms with Gasteiger partial charge in [-0.15, -0.1) is 0 Å². The van der Waals surface area contributed by atoms with Crippen LogP contribution in [-0.4, -0.2) is 49.2 Å². The molecule has 0 saturated carbocycles. The van der Waals surface area contributed by atoms with Crippen LogP contribution in [0.3, 0.4) is 0 Å². The summed E-state index contributed by atoms with van der Waals surface area (Å²) in [6.45, 7) is 8.74. The first-order valence-corrected chi connectivity index (χ1v) is 7.46. The summed E-state index contributed by atoms with van der Waals surface area (Å²) in [7, 11) is 2.17. The quantitative estimate of drug-likeness (QED) is 0.892. The molecule has 5 heteroatoms. The topological polar surface area (TPSA) is 31.4 Å². The van der Waals surface area contributed by atoms with Crippen LogP contribution in [0.1, 0.15) is 25.8 Å². The number of piperazine rings is 1. The molecule has 1 N–H and O–H groups in total. The molecule has 1 aromatic rings. The minimum Gasteiger partial charge on any atom is -0.353 e. The first kappa shape index (κ1) is 15.2. The number of nitrogens with zero attached hydrogens (tertiary/aromatic N) is 3. The Balaban J connectivity index is 2.18. The van der Waals surface area contributed by atoms with Crippen LogP contribution in [0.25, 0.3) is 0 Å². The standard InChI is InChI=1S/C15H25FN4/c1-4-14-11-20(7-6-19(14)3)15-12(9-17-5-2)8-13(16)10-18-15/h8,10,14,17H,4-7,9,11H2,1-3H3. The maximum absolute atomic E-state index is 13.4. The van der Waals surface area contributed by atoms with E-state index in [-0.39, 0.29) is 5.82 Å². The van der Waals surface area contributed by atoms with Crippen molar-refractivity contribution in [1.29, 1.82) is 0 Å². The van der Waals surface area contributed by atoms with Gasteiger partial charge >= 0.3 is 0 Å². The van der Waals surface area contributed by atoms with Gasteiger partial charge in [0.1, 0.15) is 11.6 Å². The first-order chi connectivity index (χ1) is 9.65. The SMILES string of the molecule is CCNCc1cc(F)cnc1N1CCN(C)C(CC)C1. The van der Waals surface area contributed by atoms with Crippen LogP contribution < -0.4 is 10.2 Å². The minimum absolute atomic E-state index is 0.261. The van der Waals surface area contributed by atoms with E-state index in [2.05, 4.69) is 41.0 Å². The second kappa shape index (κ2) is 6.99. The van der Waals surface area contributed by atoms with E-state index in [0.717, 1.165) is 44.0 Å². The molecule has 1 aliphatic rings. The molecule has 0 aliphatic carbocycles. The third kappa shape index (κ3) is 3.46. The van der Waals surface area contributed by atoms with Crippen LogP contribution in [-0.2, 0) is 6.54 Å². The van der Waals surface area contributed by atoms with Gasteiger partial charge in [0.25, 0.3) is 0 Å². The Morgan fingerprint density at radius 1 is 1.40 bits per heavy atom. The molecule has 2 heterocycles. The highest BCUT2D eigenvalue weighted by Crippen LogP contribution is 2.22. The molecule has 1 aliphatic heterocycles. The lowest BCUT2D eigenvalue weighted by molar-refractivity contribution is 0.212. The lowest BCUT2D eigenvalue weighted by atomic mass is 10.1. The van der Waals surface area contributed by atoms with E-state index < -0.39 is 0 Å². The van der Waals surface area contributed by atoms with Crippen LogP contribution in [0.15, 0.2) is 12.3 Å². The molecular weight excluding hydrogens is 255 g/mol. The summed E-state index contributed by atoms with van der Waals surface area (Å²) in [5.74, 6) is 0.668. The average Bonchev–Trinajstić information content (AvgIpc) is 2.46. The molecule has 1 atom stereocenters. The Morgan fingerprint density at radius 3 is 2.90 bits per heavy atom. The van der Waals surface area contributed by atoms with E-state index in [0.29, 0.717) is 12.6 Å². The Hall–Kier alpha value is -1.20. The number of halogens is 1. The lowest BCUT2D eigenvalue weighted by Gasteiger charge is -2.40. The van der Waals surface area contributed by atoms with E-state index >= 15 is 0 Å². The molecule has 0 spiro atoms. The maximum Gasteiger partial charge on any atom is 0.141 e. The van der Waals surface area contributed by atoms with Gasteiger partial charge in [-0.05, 0) is 26.1 Å². The minimum atomic E-state index is -0.261. The summed E-state index contributed by atoms with van der Waals surface area (Å²) in [4.78, 5) is 9.03. The fourth-order valence-corrected chi connectivity index (χ4v) is 2.73. The highest BCUT2D eigenvalue weighted by Gasteiger charge is 2.25. The fraction of sp³-hybridized carbons (Fsp3) is 0.667. The second-order valence-corrected chi connectivity index (χ2v) is 5.41. The average molecular weight is 280 g/mol. The fourth-order valence-electron chi connectivity index (χ4n) is 2.73. The lowest BCUT2D eigenvalue weighted by Crippen LogP contribution is -2.51. The third-order valence-corrected chi connectivity index (χ3v) is 4.02. The molecular formula is C15H25FN4. The zero-order chi connectivity index (χ0) is 14.5. The second-order valence-electron chi connectivity index (χ2n) is 5.41. The zero-order valence-corrected chi connectivity index (χ0v) is 12.7. The third-order valence-electron chi connectivity index (χ3n) is 4.02. The molecule has 2 rings (SSSR count). The highest BCUT2D eigenvalue weighted by atomic mass is 19.1. The summed E-state index contributed by atoms with van der Waals surface area (Å²) in [6, 6.07) is 2.15. The largest absolute Gasteiger partial charge is 0.353 e. The van der Waals surface area contributed by atoms with Crippen LogP contribution in [0, 0.1) is 5.82 Å². The monoisotopic (exact) mass is 280 g/mol. The van der Waals surface area contributed by atoms with Gasteiger partial charge in [0.2, 0.25) is 0 Å². The molecule has 1 unspecified atom stereocenters. The Kier molecular flexibility index (Phi) is 5.31. The summed E-state index contributed by atoms with van der Waals surface area (Å²) in [6.07, 6.45) is 2.45. The summed E-state index contributed by atoms with van der Waals surface area (Å²) >= 11 is 0. The van der Waals surface area contributed by atoms with Crippen LogP contribution in [0.2, 0.25) is 0 Å². The van der Waals surface area contributed by atoms with Crippen molar-refractivity contribution in [3.8, 4) is 0 Å². The van der Waals surface area contributed by atoms with Crippen molar-refractivity contribution in [2.24, 2.45) is 0 Å². The molecule has 0 bridgehead atoms. The van der Waals surface area contributed by atoms with Gasteiger partial charge in [-0.2, -0.15) is 0 Å². The number of anilines is 1. The van der Waals surface area contributed by atoms with Gasteiger partial charge in [-0.25, -0.2) is 9.37 Å². The number of nitrogens with one attached hydrogen (secondary N) is 1. The predicted octanol–water partition coefficient (Wildman–Crippen LogP) is 1.86. The molecule has 0 amide bonds. The highest BCUT2D eigenvalue weighted by molar-refractivity contribution is 5.47. The van der Waals surface area contributed by atoms with E-state index in [1.54, 1.807) is 6.07 Å². The normalized spacial score (nSPS) is 20.4. The number of hydrogen-bond donors (Lipinski definition) is 1. The number of hydrogen-bond acceptors (Lipinski definition) is 4. The number of aromatic nitrogens is 1. The van der Waals surface area contributed by atoms with Crippen LogP contribution in [0.5, 0.6) is 0 Å². The van der Waals surface area contributed by atoms with E-state index in [1.165, 1.54) is 6.20 Å². The van der Waals surface area contributed by atoms with Gasteiger partial charge in [0.05, 0.1) is 6.20 Å². The first-order valence-electron chi connectivity index (χ1n) is 7.46. The molecule has 4 nitrogen and oxygen atoms in total. The number of likely N-dealkylation sites (N-methyl/N-ethyl adjacent to an activating group) is 1. The van der Waals surface area contributed by atoms with Gasteiger partial charge in [0, 0.05) is 37.8 Å². The summed E-state index contributed by atoms with van der Waals surface area (Å²) in [5.41, 5.74) is 0.950. The van der Waals surface area contributed by atoms with Crippen molar-refractivity contribution in [2.75, 3.05) is 38.1 Å². The van der Waals surface area contributed by atoms with Crippen molar-refractivity contribution in [3.63, 3.8) is 0 Å². The molecule has 0 aromatic carbocycles. The van der Waals surface area contributed by atoms with Gasteiger partial charge in [-0.1, -0.05) is 13.8 Å². The van der Waals surface area contributed by atoms with Crippen molar-refractivity contribution < 1.29 is 4.39 Å². The number of pyridine rings is 1. The molecule has 1 fully saturated rings. The smallest absolute Gasteiger partial charge is 0.141 e. The molecule has 0 radical (unpaired) electrons. The predicted molar refractivity (Wildman–Crippen MR) is 80.5 cm³/mol. The Labute approximate surface area is 121 Å². The van der Waals surface area contributed by atoms with Gasteiger partial charge in [0.15, 0.2) is 0 Å². The summed E-state index contributed by atoms with van der Waals surface area (Å²) in [5, 5.41) is 3.26. The molecule has 20 heavy (non-hydrogen) atoms. The van der Waals surface area contributed by atoms with Crippen LogP contribution >= 0.6 is 0 Å². The van der Waals surface area contributed by atoms with Gasteiger partial charge in [-0.3, -0.25) is 4.90 Å². The Morgan fingerprint density at radius 2 is 2.20 bits per heavy atom. The van der Waals surface area contributed by atoms with Crippen molar-refractivity contribution in [2.45, 2.75) is 32.9 Å². The molecule has 1 aromatic heterocycles. The van der Waals surface area contributed by atoms with E-state index in [4.69, 9.17) is 0 Å². The summed E-state index contributed by atoms with van der Waals surface area (Å²) < 4.78 is 13.4. The van der Waals surface area contributed by atoms with E-state index in [9.17, 15) is 4.39 Å². The molecule has 112 valence electrons. The van der Waals surface area contributed by atoms with E-state index in [1.807, 2.05) is 0 Å². The van der Waals surface area contributed by atoms with Crippen molar-refractivity contribution in [3.05, 3.63) is 23.6 Å². The van der Waals surface area contributed by atoms with Crippen molar-refractivity contribution in [1.82, 2.24) is 15.2 Å². The van der Waals surface area contributed by atoms with Crippen LogP contribution in [0.4, 0.5) is 10.2 Å². The zero-order valence-electron chi connectivity index (χ0n) is 12.7. The molecule has 1 saturated heterocycles. The number of rotatable bonds is 5.